The van der Waals surface area contributed by atoms with Gasteiger partial charge in [-0.1, -0.05) is 30.3 Å². The highest BCUT2D eigenvalue weighted by atomic mass is 16.4. The van der Waals surface area contributed by atoms with Gasteiger partial charge in [0.25, 0.3) is 0 Å². The molecule has 0 radical (unpaired) electrons. The minimum absolute atomic E-state index is 0.137. The molecule has 1 heterocycles. The molecule has 0 aromatic heterocycles. The number of anilines is 2. The van der Waals surface area contributed by atoms with Crippen LogP contribution in [-0.4, -0.2) is 29.6 Å². The number of nitrogens with one attached hydrogen (secondary N) is 1. The molecular formula is C23H26N2O3. The van der Waals surface area contributed by atoms with Crippen LogP contribution in [0.15, 0.2) is 48.5 Å². The molecule has 0 atom stereocenters. The number of hydrogen-bond donors (Lipinski definition) is 2. The topological polar surface area (TPSA) is 69.6 Å². The third kappa shape index (κ3) is 4.03. The van der Waals surface area contributed by atoms with Gasteiger partial charge in [0.15, 0.2) is 0 Å². The molecule has 5 nitrogen and oxygen atoms in total. The average molecular weight is 378 g/mol. The number of para-hydroxylation sites is 1. The number of carbonyl (C=O) groups excluding carboxylic acids is 1. The maximum Gasteiger partial charge on any atom is 0.306 e. The van der Waals surface area contributed by atoms with Gasteiger partial charge in [-0.05, 0) is 61.4 Å². The van der Waals surface area contributed by atoms with Crippen molar-refractivity contribution in [2.24, 2.45) is 5.92 Å². The molecule has 4 rings (SSSR count). The second kappa shape index (κ2) is 8.05. The van der Waals surface area contributed by atoms with Crippen molar-refractivity contribution in [3.63, 3.8) is 0 Å². The molecule has 146 valence electrons. The van der Waals surface area contributed by atoms with E-state index in [0.29, 0.717) is 12.5 Å². The summed E-state index contributed by atoms with van der Waals surface area (Å²) in [6, 6.07) is 16.5. The van der Waals surface area contributed by atoms with Crippen molar-refractivity contribution >= 4 is 23.3 Å². The van der Waals surface area contributed by atoms with Crippen LogP contribution >= 0.6 is 0 Å². The van der Waals surface area contributed by atoms with Crippen LogP contribution in [0.25, 0.3) is 0 Å². The Kier molecular flexibility index (Phi) is 5.33. The lowest BCUT2D eigenvalue weighted by atomic mass is 9.86. The van der Waals surface area contributed by atoms with Crippen LogP contribution in [0.3, 0.4) is 0 Å². The molecule has 5 heteroatoms. The zero-order valence-electron chi connectivity index (χ0n) is 15.9. The molecule has 0 bridgehead atoms. The Balaban J connectivity index is 1.32. The number of carbonyl (C=O) groups is 2. The van der Waals surface area contributed by atoms with Gasteiger partial charge < -0.3 is 15.3 Å². The number of carboxylic acids is 1. The molecular weight excluding hydrogens is 352 g/mol. The third-order valence-electron chi connectivity index (χ3n) is 5.94. The van der Waals surface area contributed by atoms with Gasteiger partial charge in [0.1, 0.15) is 0 Å². The molecule has 1 amide bonds. The molecule has 1 saturated carbocycles. The van der Waals surface area contributed by atoms with E-state index in [1.807, 2.05) is 47.4 Å². The highest BCUT2D eigenvalue weighted by molar-refractivity contribution is 5.96. The summed E-state index contributed by atoms with van der Waals surface area (Å²) in [5.74, 6) is -0.729. The fourth-order valence-corrected chi connectivity index (χ4v) is 4.31. The zero-order chi connectivity index (χ0) is 19.5. The molecule has 0 spiro atoms. The predicted molar refractivity (Wildman–Crippen MR) is 110 cm³/mol. The average Bonchev–Trinajstić information content (AvgIpc) is 3.14. The Morgan fingerprint density at radius 2 is 1.71 bits per heavy atom. The Bertz CT molecular complexity index is 854. The van der Waals surface area contributed by atoms with Crippen LogP contribution in [0, 0.1) is 5.92 Å². The Morgan fingerprint density at radius 1 is 1.00 bits per heavy atom. The number of nitrogens with zero attached hydrogens (tertiary/aromatic N) is 1. The van der Waals surface area contributed by atoms with Crippen LogP contribution in [0.4, 0.5) is 11.4 Å². The summed E-state index contributed by atoms with van der Waals surface area (Å²) in [5.41, 5.74) is 4.33. The van der Waals surface area contributed by atoms with E-state index in [9.17, 15) is 9.59 Å². The molecule has 2 N–H and O–H groups in total. The number of carboxylic acid groups (broad SMARTS) is 1. The maximum absolute atomic E-state index is 12.7. The van der Waals surface area contributed by atoms with E-state index in [-0.39, 0.29) is 11.8 Å². The maximum atomic E-state index is 12.7. The van der Waals surface area contributed by atoms with E-state index in [4.69, 9.17) is 5.11 Å². The van der Waals surface area contributed by atoms with Crippen molar-refractivity contribution in [3.8, 4) is 0 Å². The summed E-state index contributed by atoms with van der Waals surface area (Å²) in [7, 11) is 0. The van der Waals surface area contributed by atoms with E-state index in [1.54, 1.807) is 0 Å². The number of rotatable bonds is 5. The first-order valence-electron chi connectivity index (χ1n) is 10.1. The number of hydrogen-bond acceptors (Lipinski definition) is 3. The molecule has 28 heavy (non-hydrogen) atoms. The highest BCUT2D eigenvalue weighted by Gasteiger charge is 2.26. The lowest BCUT2D eigenvalue weighted by Crippen LogP contribution is -2.30. The summed E-state index contributed by atoms with van der Waals surface area (Å²) in [6.45, 7) is 0.761. The van der Waals surface area contributed by atoms with Gasteiger partial charge in [-0.25, -0.2) is 0 Å². The standard InChI is InChI=1S/C23H26N2O3/c26-22(25-14-13-17-3-1-2-4-21(17)25)15-16-5-9-19(10-6-16)24-20-11-7-18(8-12-20)23(27)28/h1-6,9-10,18,20,24H,7-8,11-15H2,(H,27,28). The SMILES string of the molecule is O=C(O)C1CCC(Nc2ccc(CC(=O)N3CCc4ccccc43)cc2)CC1. The fourth-order valence-electron chi connectivity index (χ4n) is 4.31. The fraction of sp³-hybridized carbons (Fsp3) is 0.391. The monoisotopic (exact) mass is 378 g/mol. The molecule has 1 aliphatic heterocycles. The van der Waals surface area contributed by atoms with Gasteiger partial charge in [-0.3, -0.25) is 9.59 Å². The summed E-state index contributed by atoms with van der Waals surface area (Å²) in [4.78, 5) is 25.7. The molecule has 1 fully saturated rings. The molecule has 0 unspecified atom stereocenters. The first kappa shape index (κ1) is 18.5. The van der Waals surface area contributed by atoms with Crippen LogP contribution in [0.1, 0.15) is 36.8 Å². The van der Waals surface area contributed by atoms with E-state index in [2.05, 4.69) is 11.4 Å². The largest absolute Gasteiger partial charge is 0.481 e. The van der Waals surface area contributed by atoms with Crippen molar-refractivity contribution in [1.29, 1.82) is 0 Å². The van der Waals surface area contributed by atoms with Crippen LogP contribution < -0.4 is 10.2 Å². The van der Waals surface area contributed by atoms with Crippen molar-refractivity contribution in [1.82, 2.24) is 0 Å². The molecule has 2 aromatic rings. The summed E-state index contributed by atoms with van der Waals surface area (Å²) in [5, 5.41) is 12.6. The minimum atomic E-state index is -0.673. The minimum Gasteiger partial charge on any atom is -0.481 e. The summed E-state index contributed by atoms with van der Waals surface area (Å²) in [6.07, 6.45) is 4.55. The second-order valence-electron chi connectivity index (χ2n) is 7.83. The van der Waals surface area contributed by atoms with Crippen molar-refractivity contribution in [2.45, 2.75) is 44.6 Å². The Labute approximate surface area is 165 Å². The van der Waals surface area contributed by atoms with Gasteiger partial charge in [0, 0.05) is 24.0 Å². The molecule has 1 aliphatic carbocycles. The van der Waals surface area contributed by atoms with Gasteiger partial charge >= 0.3 is 5.97 Å². The third-order valence-corrected chi connectivity index (χ3v) is 5.94. The van der Waals surface area contributed by atoms with Crippen LogP contribution in [0.2, 0.25) is 0 Å². The Hall–Kier alpha value is -2.82. The van der Waals surface area contributed by atoms with Gasteiger partial charge in [0.2, 0.25) is 5.91 Å². The number of amides is 1. The molecule has 0 saturated heterocycles. The molecule has 2 aliphatic rings. The normalized spacial score (nSPS) is 21.2. The molecule has 2 aromatic carbocycles. The van der Waals surface area contributed by atoms with E-state index in [0.717, 1.165) is 55.6 Å². The first-order valence-corrected chi connectivity index (χ1v) is 10.1. The number of fused-ring (bicyclic) bond motifs is 1. The van der Waals surface area contributed by atoms with E-state index < -0.39 is 5.97 Å². The summed E-state index contributed by atoms with van der Waals surface area (Å²) >= 11 is 0. The lowest BCUT2D eigenvalue weighted by Gasteiger charge is -2.27. The van der Waals surface area contributed by atoms with Crippen molar-refractivity contribution in [3.05, 3.63) is 59.7 Å². The quantitative estimate of drug-likeness (QED) is 0.829. The highest BCUT2D eigenvalue weighted by Crippen LogP contribution is 2.29. The van der Waals surface area contributed by atoms with Gasteiger partial charge in [0.05, 0.1) is 12.3 Å². The Morgan fingerprint density at radius 3 is 2.43 bits per heavy atom. The van der Waals surface area contributed by atoms with Gasteiger partial charge in [-0.2, -0.15) is 0 Å². The first-order chi connectivity index (χ1) is 13.6. The van der Waals surface area contributed by atoms with E-state index in [1.165, 1.54) is 5.56 Å². The zero-order valence-corrected chi connectivity index (χ0v) is 15.9. The number of aliphatic carboxylic acids is 1. The van der Waals surface area contributed by atoms with Crippen molar-refractivity contribution < 1.29 is 14.7 Å². The van der Waals surface area contributed by atoms with Crippen LogP contribution in [-0.2, 0) is 22.4 Å². The smallest absolute Gasteiger partial charge is 0.306 e. The van der Waals surface area contributed by atoms with Crippen molar-refractivity contribution in [2.75, 3.05) is 16.8 Å². The van der Waals surface area contributed by atoms with Crippen LogP contribution in [0.5, 0.6) is 0 Å². The lowest BCUT2D eigenvalue weighted by molar-refractivity contribution is -0.142. The predicted octanol–water partition coefficient (Wildman–Crippen LogP) is 3.87. The second-order valence-corrected chi connectivity index (χ2v) is 7.83. The summed E-state index contributed by atoms with van der Waals surface area (Å²) < 4.78 is 0. The van der Waals surface area contributed by atoms with E-state index >= 15 is 0 Å². The van der Waals surface area contributed by atoms with Gasteiger partial charge in [-0.15, -0.1) is 0 Å². The number of benzene rings is 2.